The topological polar surface area (TPSA) is 43.7 Å². The standard InChI is InChI=1S/C20H27NO2/c1-2-21(15-8-11-17-9-4-3-5-10-17)16-14-20(23)18-12-6-7-13-19(18)22/h3-7,9-10,12-13,20,22-23H,2,8,11,14-16H2,1H3. The van der Waals surface area contributed by atoms with Gasteiger partial charge in [0.25, 0.3) is 0 Å². The molecular formula is C20H27NO2. The van der Waals surface area contributed by atoms with Crippen molar-refractivity contribution in [3.8, 4) is 5.75 Å². The summed E-state index contributed by atoms with van der Waals surface area (Å²) in [5, 5.41) is 20.1. The van der Waals surface area contributed by atoms with Crippen molar-refractivity contribution in [1.29, 1.82) is 0 Å². The number of aliphatic hydroxyl groups is 1. The average Bonchev–Trinajstić information content (AvgIpc) is 2.59. The maximum atomic E-state index is 10.3. The molecule has 0 saturated carbocycles. The van der Waals surface area contributed by atoms with E-state index < -0.39 is 6.10 Å². The molecule has 0 aliphatic carbocycles. The first-order chi connectivity index (χ1) is 11.2. The van der Waals surface area contributed by atoms with Crippen LogP contribution >= 0.6 is 0 Å². The zero-order valence-corrected chi connectivity index (χ0v) is 13.9. The van der Waals surface area contributed by atoms with Gasteiger partial charge in [-0.3, -0.25) is 0 Å². The van der Waals surface area contributed by atoms with E-state index in [4.69, 9.17) is 0 Å². The van der Waals surface area contributed by atoms with Gasteiger partial charge >= 0.3 is 0 Å². The maximum absolute atomic E-state index is 10.3. The van der Waals surface area contributed by atoms with E-state index in [9.17, 15) is 10.2 Å². The van der Waals surface area contributed by atoms with Gasteiger partial charge in [0.1, 0.15) is 5.75 Å². The van der Waals surface area contributed by atoms with Gasteiger partial charge < -0.3 is 15.1 Å². The molecule has 0 amide bonds. The summed E-state index contributed by atoms with van der Waals surface area (Å²) in [4.78, 5) is 2.35. The summed E-state index contributed by atoms with van der Waals surface area (Å²) in [5.74, 6) is 0.173. The van der Waals surface area contributed by atoms with E-state index in [-0.39, 0.29) is 5.75 Å². The third-order valence-electron chi connectivity index (χ3n) is 4.24. The van der Waals surface area contributed by atoms with Gasteiger partial charge in [0.05, 0.1) is 6.10 Å². The maximum Gasteiger partial charge on any atom is 0.121 e. The van der Waals surface area contributed by atoms with Crippen LogP contribution in [0, 0.1) is 0 Å². The monoisotopic (exact) mass is 313 g/mol. The Hall–Kier alpha value is -1.84. The molecule has 0 aromatic heterocycles. The molecular weight excluding hydrogens is 286 g/mol. The van der Waals surface area contributed by atoms with Crippen LogP contribution in [0.15, 0.2) is 54.6 Å². The molecule has 2 aromatic rings. The van der Waals surface area contributed by atoms with Crippen molar-refractivity contribution in [3.63, 3.8) is 0 Å². The summed E-state index contributed by atoms with van der Waals surface area (Å²) < 4.78 is 0. The quantitative estimate of drug-likeness (QED) is 0.740. The summed E-state index contributed by atoms with van der Waals surface area (Å²) in [5.41, 5.74) is 1.99. The minimum Gasteiger partial charge on any atom is -0.508 e. The van der Waals surface area contributed by atoms with Gasteiger partial charge in [0, 0.05) is 12.1 Å². The summed E-state index contributed by atoms with van der Waals surface area (Å²) in [6.45, 7) is 4.98. The number of hydrogen-bond acceptors (Lipinski definition) is 3. The van der Waals surface area contributed by atoms with E-state index in [2.05, 4.69) is 36.1 Å². The largest absolute Gasteiger partial charge is 0.508 e. The zero-order valence-electron chi connectivity index (χ0n) is 13.9. The van der Waals surface area contributed by atoms with E-state index in [1.165, 1.54) is 5.56 Å². The highest BCUT2D eigenvalue weighted by molar-refractivity contribution is 5.33. The molecule has 0 heterocycles. The molecule has 1 atom stereocenters. The van der Waals surface area contributed by atoms with Crippen LogP contribution in [-0.2, 0) is 6.42 Å². The molecule has 2 rings (SSSR count). The summed E-state index contributed by atoms with van der Waals surface area (Å²) in [6.07, 6.45) is 2.22. The van der Waals surface area contributed by atoms with Crippen LogP contribution in [-0.4, -0.2) is 34.7 Å². The third-order valence-corrected chi connectivity index (χ3v) is 4.24. The molecule has 3 heteroatoms. The number of aliphatic hydroxyl groups excluding tert-OH is 1. The summed E-state index contributed by atoms with van der Waals surface area (Å²) in [6, 6.07) is 17.6. The van der Waals surface area contributed by atoms with Gasteiger partial charge in [-0.1, -0.05) is 55.5 Å². The minimum absolute atomic E-state index is 0.173. The lowest BCUT2D eigenvalue weighted by atomic mass is 10.1. The smallest absolute Gasteiger partial charge is 0.121 e. The number of nitrogens with zero attached hydrogens (tertiary/aromatic N) is 1. The second-order valence-corrected chi connectivity index (χ2v) is 5.89. The first-order valence-electron chi connectivity index (χ1n) is 8.43. The Balaban J connectivity index is 1.75. The van der Waals surface area contributed by atoms with Gasteiger partial charge in [0.2, 0.25) is 0 Å². The molecule has 3 nitrogen and oxygen atoms in total. The summed E-state index contributed by atoms with van der Waals surface area (Å²) in [7, 11) is 0. The lowest BCUT2D eigenvalue weighted by Crippen LogP contribution is -2.27. The molecule has 0 spiro atoms. The highest BCUT2D eigenvalue weighted by Gasteiger charge is 2.13. The Bertz CT molecular complexity index is 571. The van der Waals surface area contributed by atoms with Crippen molar-refractivity contribution in [1.82, 2.24) is 4.90 Å². The van der Waals surface area contributed by atoms with Crippen LogP contribution in [0.25, 0.3) is 0 Å². The van der Waals surface area contributed by atoms with Gasteiger partial charge in [-0.05, 0) is 44.0 Å². The Morgan fingerprint density at radius 3 is 2.35 bits per heavy atom. The number of para-hydroxylation sites is 1. The molecule has 0 fully saturated rings. The molecule has 1 unspecified atom stereocenters. The number of phenols is 1. The van der Waals surface area contributed by atoms with Crippen LogP contribution in [0.5, 0.6) is 5.75 Å². The molecule has 124 valence electrons. The second kappa shape index (κ2) is 9.33. The number of rotatable bonds is 9. The van der Waals surface area contributed by atoms with E-state index in [0.29, 0.717) is 12.0 Å². The highest BCUT2D eigenvalue weighted by atomic mass is 16.3. The van der Waals surface area contributed by atoms with Crippen LogP contribution in [0.2, 0.25) is 0 Å². The number of hydrogen-bond donors (Lipinski definition) is 2. The Morgan fingerprint density at radius 2 is 1.65 bits per heavy atom. The van der Waals surface area contributed by atoms with E-state index in [1.807, 2.05) is 12.1 Å². The highest BCUT2D eigenvalue weighted by Crippen LogP contribution is 2.25. The molecule has 23 heavy (non-hydrogen) atoms. The molecule has 0 radical (unpaired) electrons. The van der Waals surface area contributed by atoms with Gasteiger partial charge in [0.15, 0.2) is 0 Å². The Labute approximate surface area is 139 Å². The van der Waals surface area contributed by atoms with Gasteiger partial charge in [-0.15, -0.1) is 0 Å². The van der Waals surface area contributed by atoms with Crippen LogP contribution in [0.3, 0.4) is 0 Å². The predicted molar refractivity (Wildman–Crippen MR) is 94.6 cm³/mol. The average molecular weight is 313 g/mol. The molecule has 2 N–H and O–H groups in total. The lowest BCUT2D eigenvalue weighted by molar-refractivity contribution is 0.140. The van der Waals surface area contributed by atoms with E-state index in [1.54, 1.807) is 18.2 Å². The predicted octanol–water partition coefficient (Wildman–Crippen LogP) is 3.77. The van der Waals surface area contributed by atoms with E-state index in [0.717, 1.165) is 32.5 Å². The number of aromatic hydroxyl groups is 1. The SMILES string of the molecule is CCN(CCCc1ccccc1)CCC(O)c1ccccc1O. The fourth-order valence-electron chi connectivity index (χ4n) is 2.81. The zero-order chi connectivity index (χ0) is 16.5. The normalized spacial score (nSPS) is 12.5. The van der Waals surface area contributed by atoms with Crippen molar-refractivity contribution in [2.75, 3.05) is 19.6 Å². The fraction of sp³-hybridized carbons (Fsp3) is 0.400. The number of benzene rings is 2. The van der Waals surface area contributed by atoms with Crippen LogP contribution in [0.4, 0.5) is 0 Å². The minimum atomic E-state index is -0.612. The molecule has 0 saturated heterocycles. The number of aryl methyl sites for hydroxylation is 1. The Kier molecular flexibility index (Phi) is 7.11. The first kappa shape index (κ1) is 17.5. The van der Waals surface area contributed by atoms with Crippen molar-refractivity contribution >= 4 is 0 Å². The molecule has 2 aromatic carbocycles. The van der Waals surface area contributed by atoms with Crippen LogP contribution < -0.4 is 0 Å². The second-order valence-electron chi connectivity index (χ2n) is 5.89. The third kappa shape index (κ3) is 5.70. The van der Waals surface area contributed by atoms with Crippen LogP contribution in [0.1, 0.15) is 37.0 Å². The number of phenolic OH excluding ortho intramolecular Hbond substituents is 1. The Morgan fingerprint density at radius 1 is 0.957 bits per heavy atom. The first-order valence-corrected chi connectivity index (χ1v) is 8.43. The molecule has 0 aliphatic heterocycles. The van der Waals surface area contributed by atoms with Crippen molar-refractivity contribution < 1.29 is 10.2 Å². The van der Waals surface area contributed by atoms with Gasteiger partial charge in [-0.2, -0.15) is 0 Å². The fourth-order valence-corrected chi connectivity index (χ4v) is 2.81. The van der Waals surface area contributed by atoms with E-state index >= 15 is 0 Å². The lowest BCUT2D eigenvalue weighted by Gasteiger charge is -2.22. The van der Waals surface area contributed by atoms with Crippen molar-refractivity contribution in [2.24, 2.45) is 0 Å². The van der Waals surface area contributed by atoms with Crippen molar-refractivity contribution in [2.45, 2.75) is 32.3 Å². The molecule has 0 aliphatic rings. The van der Waals surface area contributed by atoms with Crippen molar-refractivity contribution in [3.05, 3.63) is 65.7 Å². The summed E-state index contributed by atoms with van der Waals surface area (Å²) >= 11 is 0. The van der Waals surface area contributed by atoms with Gasteiger partial charge in [-0.25, -0.2) is 0 Å². The molecule has 0 bridgehead atoms.